The number of aryl methyl sites for hydroxylation is 2. The minimum absolute atomic E-state index is 0.169. The zero-order chi connectivity index (χ0) is 14.0. The second-order valence-corrected chi connectivity index (χ2v) is 5.24. The lowest BCUT2D eigenvalue weighted by Crippen LogP contribution is -2.27. The van der Waals surface area contributed by atoms with E-state index in [1.807, 2.05) is 20.8 Å². The molecule has 2 aromatic heterocycles. The number of rotatable bonds is 3. The molecule has 0 bridgehead atoms. The maximum Gasteiger partial charge on any atom is 0.253 e. The van der Waals surface area contributed by atoms with E-state index in [-0.39, 0.29) is 11.9 Å². The number of amides is 1. The van der Waals surface area contributed by atoms with Crippen LogP contribution in [0.2, 0.25) is 0 Å². The topological polar surface area (TPSA) is 68.0 Å². The van der Waals surface area contributed by atoms with Crippen molar-refractivity contribution in [1.29, 1.82) is 0 Å². The van der Waals surface area contributed by atoms with Crippen LogP contribution in [0.3, 0.4) is 0 Å². The Morgan fingerprint density at radius 3 is 2.74 bits per heavy atom. The average Bonchev–Trinajstić information content (AvgIpc) is 2.69. The molecule has 6 heteroatoms. The van der Waals surface area contributed by atoms with Crippen LogP contribution in [-0.4, -0.2) is 16.0 Å². The maximum absolute atomic E-state index is 12.1. The predicted molar refractivity (Wildman–Crippen MR) is 73.8 cm³/mol. The Morgan fingerprint density at radius 1 is 1.42 bits per heavy atom. The lowest BCUT2D eigenvalue weighted by Gasteiger charge is -2.13. The van der Waals surface area contributed by atoms with Crippen molar-refractivity contribution in [2.75, 3.05) is 0 Å². The van der Waals surface area contributed by atoms with Crippen LogP contribution >= 0.6 is 15.9 Å². The van der Waals surface area contributed by atoms with Crippen molar-refractivity contribution in [3.8, 4) is 0 Å². The van der Waals surface area contributed by atoms with E-state index in [1.54, 1.807) is 12.3 Å². The molecular weight excluding hydrogens is 310 g/mol. The fourth-order valence-corrected chi connectivity index (χ4v) is 2.36. The molecule has 1 atom stereocenters. The van der Waals surface area contributed by atoms with Gasteiger partial charge in [0.25, 0.3) is 5.91 Å². The zero-order valence-corrected chi connectivity index (χ0v) is 12.5. The summed E-state index contributed by atoms with van der Waals surface area (Å²) in [6.07, 6.45) is 3.16. The van der Waals surface area contributed by atoms with E-state index in [0.717, 1.165) is 21.5 Å². The third kappa shape index (κ3) is 3.01. The summed E-state index contributed by atoms with van der Waals surface area (Å²) in [5, 5.41) is 6.79. The van der Waals surface area contributed by atoms with Crippen molar-refractivity contribution in [2.24, 2.45) is 0 Å². The van der Waals surface area contributed by atoms with Crippen LogP contribution in [0.1, 0.15) is 40.3 Å². The highest BCUT2D eigenvalue weighted by Crippen LogP contribution is 2.21. The Morgan fingerprint density at radius 2 is 2.16 bits per heavy atom. The molecule has 5 nitrogen and oxygen atoms in total. The van der Waals surface area contributed by atoms with Crippen LogP contribution in [0.15, 0.2) is 27.5 Å². The van der Waals surface area contributed by atoms with E-state index in [2.05, 4.69) is 31.4 Å². The monoisotopic (exact) mass is 323 g/mol. The van der Waals surface area contributed by atoms with E-state index in [4.69, 9.17) is 4.52 Å². The van der Waals surface area contributed by atoms with Gasteiger partial charge in [-0.25, -0.2) is 0 Å². The van der Waals surface area contributed by atoms with Gasteiger partial charge in [0, 0.05) is 22.4 Å². The molecule has 0 spiro atoms. The Bertz CT molecular complexity index is 590. The van der Waals surface area contributed by atoms with Crippen molar-refractivity contribution in [2.45, 2.75) is 26.8 Å². The molecule has 0 aliphatic heterocycles. The number of hydrogen-bond donors (Lipinski definition) is 1. The second-order valence-electron chi connectivity index (χ2n) is 4.32. The molecule has 1 N–H and O–H groups in total. The Labute approximate surface area is 119 Å². The number of nitrogens with one attached hydrogen (secondary N) is 1. The van der Waals surface area contributed by atoms with Crippen LogP contribution in [0, 0.1) is 13.8 Å². The molecule has 0 saturated carbocycles. The van der Waals surface area contributed by atoms with Gasteiger partial charge in [-0.2, -0.15) is 0 Å². The molecule has 0 fully saturated rings. The van der Waals surface area contributed by atoms with Crippen molar-refractivity contribution >= 4 is 21.8 Å². The van der Waals surface area contributed by atoms with Gasteiger partial charge in [-0.05, 0) is 42.8 Å². The highest BCUT2D eigenvalue weighted by atomic mass is 79.9. The highest BCUT2D eigenvalue weighted by Gasteiger charge is 2.19. The molecule has 1 unspecified atom stereocenters. The SMILES string of the molecule is Cc1noc(C)c1C(C)NC(=O)c1cncc(Br)c1. The fourth-order valence-electron chi connectivity index (χ4n) is 2.00. The molecule has 2 rings (SSSR count). The molecule has 0 saturated heterocycles. The first kappa shape index (κ1) is 13.7. The van der Waals surface area contributed by atoms with E-state index in [9.17, 15) is 4.79 Å². The van der Waals surface area contributed by atoms with Gasteiger partial charge >= 0.3 is 0 Å². The summed E-state index contributed by atoms with van der Waals surface area (Å²) in [6, 6.07) is 1.56. The first-order valence-electron chi connectivity index (χ1n) is 5.83. The summed E-state index contributed by atoms with van der Waals surface area (Å²) in [7, 11) is 0. The van der Waals surface area contributed by atoms with E-state index in [0.29, 0.717) is 5.56 Å². The molecule has 0 radical (unpaired) electrons. The van der Waals surface area contributed by atoms with Crippen molar-refractivity contribution in [3.63, 3.8) is 0 Å². The normalized spacial score (nSPS) is 12.2. The number of halogens is 1. The quantitative estimate of drug-likeness (QED) is 0.942. The van der Waals surface area contributed by atoms with E-state index in [1.165, 1.54) is 6.20 Å². The van der Waals surface area contributed by atoms with Crippen LogP contribution in [0.25, 0.3) is 0 Å². The Balaban J connectivity index is 2.15. The number of carbonyl (C=O) groups is 1. The van der Waals surface area contributed by atoms with Crippen molar-refractivity contribution < 1.29 is 9.32 Å². The molecular formula is C13H14BrN3O2. The van der Waals surface area contributed by atoms with Crippen LogP contribution < -0.4 is 5.32 Å². The van der Waals surface area contributed by atoms with Gasteiger partial charge in [0.15, 0.2) is 0 Å². The molecule has 1 amide bonds. The summed E-state index contributed by atoms with van der Waals surface area (Å²) in [6.45, 7) is 5.59. The molecule has 0 aromatic carbocycles. The first-order chi connectivity index (χ1) is 8.99. The largest absolute Gasteiger partial charge is 0.361 e. The second kappa shape index (κ2) is 5.52. The van der Waals surface area contributed by atoms with Gasteiger partial charge in [0.2, 0.25) is 0 Å². The summed E-state index contributed by atoms with van der Waals surface area (Å²) < 4.78 is 5.87. The zero-order valence-electron chi connectivity index (χ0n) is 10.9. The maximum atomic E-state index is 12.1. The lowest BCUT2D eigenvalue weighted by atomic mass is 10.1. The van der Waals surface area contributed by atoms with Gasteiger partial charge in [-0.15, -0.1) is 0 Å². The Hall–Kier alpha value is -1.69. The molecule has 0 aliphatic carbocycles. The molecule has 19 heavy (non-hydrogen) atoms. The number of hydrogen-bond acceptors (Lipinski definition) is 4. The minimum atomic E-state index is -0.179. The van der Waals surface area contributed by atoms with Crippen LogP contribution in [0.4, 0.5) is 0 Å². The molecule has 0 aliphatic rings. The van der Waals surface area contributed by atoms with Gasteiger partial charge in [0.05, 0.1) is 17.3 Å². The van der Waals surface area contributed by atoms with Gasteiger partial charge in [0.1, 0.15) is 5.76 Å². The third-order valence-electron chi connectivity index (χ3n) is 2.84. The number of carbonyl (C=O) groups excluding carboxylic acids is 1. The van der Waals surface area contributed by atoms with Gasteiger partial charge < -0.3 is 9.84 Å². The number of nitrogens with zero attached hydrogens (tertiary/aromatic N) is 2. The summed E-state index contributed by atoms with van der Waals surface area (Å²) in [4.78, 5) is 16.1. The number of pyridine rings is 1. The summed E-state index contributed by atoms with van der Waals surface area (Å²) in [5.41, 5.74) is 2.21. The summed E-state index contributed by atoms with van der Waals surface area (Å²) >= 11 is 3.29. The fraction of sp³-hybridized carbons (Fsp3) is 0.308. The average molecular weight is 324 g/mol. The lowest BCUT2D eigenvalue weighted by molar-refractivity contribution is 0.0939. The van der Waals surface area contributed by atoms with Gasteiger partial charge in [-0.1, -0.05) is 5.16 Å². The number of aromatic nitrogens is 2. The highest BCUT2D eigenvalue weighted by molar-refractivity contribution is 9.10. The summed E-state index contributed by atoms with van der Waals surface area (Å²) in [5.74, 6) is 0.541. The van der Waals surface area contributed by atoms with Crippen LogP contribution in [0.5, 0.6) is 0 Å². The van der Waals surface area contributed by atoms with Crippen LogP contribution in [-0.2, 0) is 0 Å². The van der Waals surface area contributed by atoms with E-state index >= 15 is 0 Å². The smallest absolute Gasteiger partial charge is 0.253 e. The van der Waals surface area contributed by atoms with Crippen molar-refractivity contribution in [1.82, 2.24) is 15.5 Å². The van der Waals surface area contributed by atoms with E-state index < -0.39 is 0 Å². The molecule has 100 valence electrons. The van der Waals surface area contributed by atoms with Crippen molar-refractivity contribution in [3.05, 3.63) is 45.5 Å². The van der Waals surface area contributed by atoms with Gasteiger partial charge in [-0.3, -0.25) is 9.78 Å². The Kier molecular flexibility index (Phi) is 3.99. The molecule has 2 heterocycles. The molecule has 2 aromatic rings. The predicted octanol–water partition coefficient (Wildman–Crippen LogP) is 2.94. The minimum Gasteiger partial charge on any atom is -0.361 e. The third-order valence-corrected chi connectivity index (χ3v) is 3.27. The first-order valence-corrected chi connectivity index (χ1v) is 6.62. The standard InChI is InChI=1S/C13H14BrN3O2/c1-7(12-8(2)17-19-9(12)3)16-13(18)10-4-11(14)6-15-5-10/h4-7H,1-3H3,(H,16,18).